The number of nitrogens with one attached hydrogen (secondary N) is 2. The van der Waals surface area contributed by atoms with Gasteiger partial charge in [-0.3, -0.25) is 0 Å². The second kappa shape index (κ2) is 6.79. The van der Waals surface area contributed by atoms with Crippen LogP contribution in [0.4, 0.5) is 4.39 Å². The highest BCUT2D eigenvalue weighted by Crippen LogP contribution is 2.17. The van der Waals surface area contributed by atoms with Gasteiger partial charge in [0, 0.05) is 32.0 Å². The maximum Gasteiger partial charge on any atom is 0.241 e. The van der Waals surface area contributed by atoms with Gasteiger partial charge in [-0.15, -0.1) is 0 Å². The number of aromatic nitrogens is 2. The summed E-state index contributed by atoms with van der Waals surface area (Å²) in [7, 11) is -2.05. The summed E-state index contributed by atoms with van der Waals surface area (Å²) in [6.45, 7) is 1.00. The number of sulfonamides is 1. The molecule has 0 saturated carbocycles. The van der Waals surface area contributed by atoms with Crippen molar-refractivity contribution in [3.05, 3.63) is 48.3 Å². The molecule has 0 aliphatic carbocycles. The first-order valence-electron chi connectivity index (χ1n) is 6.41. The van der Waals surface area contributed by atoms with Crippen LogP contribution in [-0.2, 0) is 23.1 Å². The van der Waals surface area contributed by atoms with E-state index in [1.165, 1.54) is 12.1 Å². The van der Waals surface area contributed by atoms with Gasteiger partial charge in [0.25, 0.3) is 0 Å². The molecule has 114 valence electrons. The van der Waals surface area contributed by atoms with E-state index in [0.29, 0.717) is 18.7 Å². The van der Waals surface area contributed by atoms with Gasteiger partial charge in [-0.2, -0.15) is 0 Å². The number of imidazole rings is 1. The van der Waals surface area contributed by atoms with Gasteiger partial charge in [-0.05, 0) is 24.7 Å². The van der Waals surface area contributed by atoms with Gasteiger partial charge in [-0.25, -0.2) is 22.5 Å². The van der Waals surface area contributed by atoms with Crippen LogP contribution in [-0.4, -0.2) is 31.6 Å². The third-order valence-corrected chi connectivity index (χ3v) is 4.45. The molecule has 0 unspecified atom stereocenters. The van der Waals surface area contributed by atoms with Crippen molar-refractivity contribution >= 4 is 10.0 Å². The molecule has 1 aromatic carbocycles. The highest BCUT2D eigenvalue weighted by Gasteiger charge is 2.18. The minimum Gasteiger partial charge on any atom is -0.336 e. The van der Waals surface area contributed by atoms with E-state index in [-0.39, 0.29) is 11.4 Å². The molecule has 2 N–H and O–H groups in total. The van der Waals surface area contributed by atoms with Gasteiger partial charge in [0.15, 0.2) is 0 Å². The third kappa shape index (κ3) is 4.10. The summed E-state index contributed by atoms with van der Waals surface area (Å²) >= 11 is 0. The summed E-state index contributed by atoms with van der Waals surface area (Å²) < 4.78 is 42.1. The Morgan fingerprint density at radius 3 is 2.86 bits per heavy atom. The van der Waals surface area contributed by atoms with Crippen molar-refractivity contribution in [1.82, 2.24) is 19.6 Å². The van der Waals surface area contributed by atoms with Gasteiger partial charge in [-0.1, -0.05) is 6.07 Å². The Bertz CT molecular complexity index is 686. The molecule has 0 amide bonds. The van der Waals surface area contributed by atoms with Crippen molar-refractivity contribution in [1.29, 1.82) is 0 Å². The van der Waals surface area contributed by atoms with E-state index in [9.17, 15) is 12.8 Å². The van der Waals surface area contributed by atoms with Crippen molar-refractivity contribution < 1.29 is 12.8 Å². The van der Waals surface area contributed by atoms with E-state index in [1.54, 1.807) is 30.3 Å². The van der Waals surface area contributed by atoms with Crippen LogP contribution in [0.25, 0.3) is 0 Å². The van der Waals surface area contributed by atoms with Crippen molar-refractivity contribution in [3.8, 4) is 0 Å². The van der Waals surface area contributed by atoms with Gasteiger partial charge in [0.1, 0.15) is 5.82 Å². The van der Waals surface area contributed by atoms with Crippen LogP contribution in [0.2, 0.25) is 0 Å². The van der Waals surface area contributed by atoms with E-state index in [4.69, 9.17) is 0 Å². The fraction of sp³-hybridized carbons (Fsp3) is 0.308. The molecular weight excluding hydrogens is 295 g/mol. The van der Waals surface area contributed by atoms with Crippen LogP contribution >= 0.6 is 0 Å². The SMILES string of the molecule is CNCc1ccc(F)cc1S(=O)(=O)NCCn1ccnc1. The highest BCUT2D eigenvalue weighted by molar-refractivity contribution is 7.89. The summed E-state index contributed by atoms with van der Waals surface area (Å²) in [6.07, 6.45) is 4.96. The van der Waals surface area contributed by atoms with Crippen molar-refractivity contribution in [2.24, 2.45) is 0 Å². The summed E-state index contributed by atoms with van der Waals surface area (Å²) in [6, 6.07) is 3.75. The van der Waals surface area contributed by atoms with Crippen LogP contribution in [0, 0.1) is 5.82 Å². The number of hydrogen-bond donors (Lipinski definition) is 2. The Kier molecular flexibility index (Phi) is 5.05. The van der Waals surface area contributed by atoms with Crippen molar-refractivity contribution in [3.63, 3.8) is 0 Å². The number of hydrogen-bond acceptors (Lipinski definition) is 4. The normalized spacial score (nSPS) is 11.7. The third-order valence-electron chi connectivity index (χ3n) is 2.91. The van der Waals surface area contributed by atoms with E-state index >= 15 is 0 Å². The van der Waals surface area contributed by atoms with Gasteiger partial charge in [0.05, 0.1) is 11.2 Å². The Labute approximate surface area is 123 Å². The minimum absolute atomic E-state index is 0.0394. The molecule has 0 atom stereocenters. The fourth-order valence-electron chi connectivity index (χ4n) is 1.92. The van der Waals surface area contributed by atoms with Crippen molar-refractivity contribution in [2.75, 3.05) is 13.6 Å². The number of rotatable bonds is 7. The first kappa shape index (κ1) is 15.6. The first-order chi connectivity index (χ1) is 10.0. The predicted molar refractivity (Wildman–Crippen MR) is 76.6 cm³/mol. The molecule has 2 rings (SSSR count). The van der Waals surface area contributed by atoms with Crippen LogP contribution in [0.5, 0.6) is 0 Å². The van der Waals surface area contributed by atoms with Crippen LogP contribution < -0.4 is 10.0 Å². The lowest BCUT2D eigenvalue weighted by atomic mass is 10.2. The van der Waals surface area contributed by atoms with Gasteiger partial charge >= 0.3 is 0 Å². The highest BCUT2D eigenvalue weighted by atomic mass is 32.2. The average molecular weight is 312 g/mol. The molecule has 1 aromatic heterocycles. The second-order valence-corrected chi connectivity index (χ2v) is 6.22. The molecule has 0 radical (unpaired) electrons. The average Bonchev–Trinajstić information content (AvgIpc) is 2.94. The molecule has 0 saturated heterocycles. The van der Waals surface area contributed by atoms with Crippen LogP contribution in [0.15, 0.2) is 41.8 Å². The quantitative estimate of drug-likeness (QED) is 0.790. The molecule has 0 spiro atoms. The standard InChI is InChI=1S/C13H17FN4O2S/c1-15-9-11-2-3-12(14)8-13(11)21(19,20)17-5-7-18-6-4-16-10-18/h2-4,6,8,10,15,17H,5,7,9H2,1H3. The monoisotopic (exact) mass is 312 g/mol. The Morgan fingerprint density at radius 2 is 2.19 bits per heavy atom. The molecule has 6 nitrogen and oxygen atoms in total. The van der Waals surface area contributed by atoms with Crippen LogP contribution in [0.3, 0.4) is 0 Å². The Balaban J connectivity index is 2.12. The molecule has 1 heterocycles. The molecular formula is C13H17FN4O2S. The zero-order valence-corrected chi connectivity index (χ0v) is 12.4. The number of nitrogens with zero attached hydrogens (tertiary/aromatic N) is 2. The molecule has 0 fully saturated rings. The lowest BCUT2D eigenvalue weighted by Crippen LogP contribution is -2.28. The van der Waals surface area contributed by atoms with E-state index < -0.39 is 15.8 Å². The predicted octanol–water partition coefficient (Wildman–Crippen LogP) is 0.720. The number of halogens is 1. The zero-order valence-electron chi connectivity index (χ0n) is 11.6. The lowest BCUT2D eigenvalue weighted by molar-refractivity contribution is 0.567. The van der Waals surface area contributed by atoms with Crippen molar-refractivity contribution in [2.45, 2.75) is 18.0 Å². The summed E-state index contributed by atoms with van der Waals surface area (Å²) in [5.41, 5.74) is 0.522. The topological polar surface area (TPSA) is 76.0 Å². The Hall–Kier alpha value is -1.77. The van der Waals surface area contributed by atoms with Gasteiger partial charge in [0.2, 0.25) is 10.0 Å². The molecule has 2 aromatic rings. The lowest BCUT2D eigenvalue weighted by Gasteiger charge is -2.12. The smallest absolute Gasteiger partial charge is 0.241 e. The Morgan fingerprint density at radius 1 is 1.38 bits per heavy atom. The largest absolute Gasteiger partial charge is 0.336 e. The summed E-state index contributed by atoms with van der Waals surface area (Å²) in [5, 5.41) is 2.87. The van der Waals surface area contributed by atoms with E-state index in [1.807, 2.05) is 0 Å². The first-order valence-corrected chi connectivity index (χ1v) is 7.89. The summed E-state index contributed by atoms with van der Waals surface area (Å²) in [4.78, 5) is 3.83. The molecule has 0 bridgehead atoms. The van der Waals surface area contributed by atoms with Gasteiger partial charge < -0.3 is 9.88 Å². The van der Waals surface area contributed by atoms with E-state index in [0.717, 1.165) is 6.07 Å². The van der Waals surface area contributed by atoms with E-state index in [2.05, 4.69) is 15.0 Å². The summed E-state index contributed by atoms with van der Waals surface area (Å²) in [5.74, 6) is -0.579. The minimum atomic E-state index is -3.75. The maximum atomic E-state index is 13.3. The van der Waals surface area contributed by atoms with Crippen LogP contribution in [0.1, 0.15) is 5.56 Å². The molecule has 21 heavy (non-hydrogen) atoms. The molecule has 0 aliphatic rings. The number of benzene rings is 1. The fourth-order valence-corrected chi connectivity index (χ4v) is 3.19. The second-order valence-electron chi connectivity index (χ2n) is 4.48. The molecule has 0 aliphatic heterocycles. The zero-order chi connectivity index (χ0) is 15.3. The maximum absolute atomic E-state index is 13.3. The molecule has 8 heteroatoms.